The van der Waals surface area contributed by atoms with E-state index in [0.29, 0.717) is 24.4 Å². The molecule has 0 aliphatic heterocycles. The largest absolute Gasteiger partial charge is 0.396 e. The van der Waals surface area contributed by atoms with E-state index in [2.05, 4.69) is 6.92 Å². The van der Waals surface area contributed by atoms with Gasteiger partial charge in [0.2, 0.25) is 0 Å². The molecule has 1 aliphatic carbocycles. The van der Waals surface area contributed by atoms with Crippen molar-refractivity contribution in [2.75, 3.05) is 13.2 Å². The summed E-state index contributed by atoms with van der Waals surface area (Å²) < 4.78 is 0. The molecule has 0 spiro atoms. The predicted molar refractivity (Wildman–Crippen MR) is 44.2 cm³/mol. The SMILES string of the molecule is CC1CCC(CCO)C1CO. The molecule has 0 aromatic rings. The first kappa shape index (κ1) is 9.01. The van der Waals surface area contributed by atoms with E-state index in [-0.39, 0.29) is 6.61 Å². The number of hydrogen-bond donors (Lipinski definition) is 2. The first-order valence-electron chi connectivity index (χ1n) is 4.51. The van der Waals surface area contributed by atoms with Crippen LogP contribution in [0.15, 0.2) is 0 Å². The zero-order chi connectivity index (χ0) is 8.27. The van der Waals surface area contributed by atoms with Crippen LogP contribution in [0.4, 0.5) is 0 Å². The summed E-state index contributed by atoms with van der Waals surface area (Å²) in [6, 6.07) is 0. The van der Waals surface area contributed by atoms with Crippen LogP contribution in [0.2, 0.25) is 0 Å². The summed E-state index contributed by atoms with van der Waals surface area (Å²) in [5.41, 5.74) is 0. The Morgan fingerprint density at radius 3 is 2.55 bits per heavy atom. The molecule has 1 saturated carbocycles. The maximum Gasteiger partial charge on any atom is 0.0464 e. The van der Waals surface area contributed by atoms with Crippen molar-refractivity contribution in [2.24, 2.45) is 17.8 Å². The van der Waals surface area contributed by atoms with Gasteiger partial charge in [0, 0.05) is 13.2 Å². The highest BCUT2D eigenvalue weighted by molar-refractivity contribution is 4.81. The first-order valence-corrected chi connectivity index (χ1v) is 4.51. The molecule has 2 heteroatoms. The van der Waals surface area contributed by atoms with E-state index >= 15 is 0 Å². The molecule has 0 radical (unpaired) electrons. The summed E-state index contributed by atoms with van der Waals surface area (Å²) in [4.78, 5) is 0. The Kier molecular flexibility index (Phi) is 3.34. The van der Waals surface area contributed by atoms with Crippen molar-refractivity contribution in [1.29, 1.82) is 0 Å². The van der Waals surface area contributed by atoms with Gasteiger partial charge in [-0.25, -0.2) is 0 Å². The van der Waals surface area contributed by atoms with Gasteiger partial charge in [0.1, 0.15) is 0 Å². The second kappa shape index (κ2) is 4.07. The van der Waals surface area contributed by atoms with Crippen LogP contribution in [0.1, 0.15) is 26.2 Å². The van der Waals surface area contributed by atoms with Crippen molar-refractivity contribution >= 4 is 0 Å². The maximum absolute atomic E-state index is 9.05. The van der Waals surface area contributed by atoms with E-state index in [1.807, 2.05) is 0 Å². The van der Waals surface area contributed by atoms with Crippen LogP contribution in [-0.2, 0) is 0 Å². The van der Waals surface area contributed by atoms with E-state index in [0.717, 1.165) is 6.42 Å². The van der Waals surface area contributed by atoms with Gasteiger partial charge in [-0.15, -0.1) is 0 Å². The molecule has 1 fully saturated rings. The molecule has 0 aromatic carbocycles. The van der Waals surface area contributed by atoms with Crippen LogP contribution in [0.25, 0.3) is 0 Å². The summed E-state index contributed by atoms with van der Waals surface area (Å²) in [5.74, 6) is 1.67. The molecule has 0 heterocycles. The van der Waals surface area contributed by atoms with E-state index in [1.165, 1.54) is 12.8 Å². The minimum Gasteiger partial charge on any atom is -0.396 e. The summed E-state index contributed by atoms with van der Waals surface area (Å²) in [6.07, 6.45) is 3.28. The lowest BCUT2D eigenvalue weighted by atomic mass is 9.89. The van der Waals surface area contributed by atoms with Gasteiger partial charge < -0.3 is 10.2 Å². The van der Waals surface area contributed by atoms with Crippen molar-refractivity contribution in [2.45, 2.75) is 26.2 Å². The second-order valence-electron chi connectivity index (χ2n) is 3.67. The molecule has 0 aromatic heterocycles. The first-order chi connectivity index (χ1) is 5.29. The van der Waals surface area contributed by atoms with Crippen molar-refractivity contribution < 1.29 is 10.2 Å². The van der Waals surface area contributed by atoms with Gasteiger partial charge in [0.15, 0.2) is 0 Å². The predicted octanol–water partition coefficient (Wildman–Crippen LogP) is 1.02. The van der Waals surface area contributed by atoms with E-state index in [4.69, 9.17) is 10.2 Å². The lowest BCUT2D eigenvalue weighted by Gasteiger charge is -2.19. The van der Waals surface area contributed by atoms with Gasteiger partial charge >= 0.3 is 0 Å². The summed E-state index contributed by atoms with van der Waals surface area (Å²) in [5, 5.41) is 17.8. The number of rotatable bonds is 3. The topological polar surface area (TPSA) is 40.5 Å². The van der Waals surface area contributed by atoms with Gasteiger partial charge in [-0.2, -0.15) is 0 Å². The molecule has 66 valence electrons. The molecular formula is C9H18O2. The van der Waals surface area contributed by atoms with Crippen molar-refractivity contribution in [1.82, 2.24) is 0 Å². The lowest BCUT2D eigenvalue weighted by molar-refractivity contribution is 0.146. The fourth-order valence-electron chi connectivity index (χ4n) is 2.22. The Hall–Kier alpha value is -0.0800. The number of hydrogen-bond acceptors (Lipinski definition) is 2. The zero-order valence-corrected chi connectivity index (χ0v) is 7.16. The monoisotopic (exact) mass is 158 g/mol. The molecule has 1 aliphatic rings. The summed E-state index contributed by atoms with van der Waals surface area (Å²) in [7, 11) is 0. The Morgan fingerprint density at radius 1 is 1.27 bits per heavy atom. The Balaban J connectivity index is 2.40. The standard InChI is InChI=1S/C9H18O2/c1-7-2-3-8(4-5-10)9(7)6-11/h7-11H,2-6H2,1H3. The Bertz CT molecular complexity index is 112. The van der Waals surface area contributed by atoms with Gasteiger partial charge in [-0.05, 0) is 30.6 Å². The summed E-state index contributed by atoms with van der Waals surface area (Å²) in [6.45, 7) is 2.76. The molecular weight excluding hydrogens is 140 g/mol. The zero-order valence-electron chi connectivity index (χ0n) is 7.16. The van der Waals surface area contributed by atoms with E-state index in [9.17, 15) is 0 Å². The Morgan fingerprint density at radius 2 is 2.00 bits per heavy atom. The van der Waals surface area contributed by atoms with Crippen LogP contribution in [0.3, 0.4) is 0 Å². The normalized spacial score (nSPS) is 37.9. The molecule has 3 atom stereocenters. The van der Waals surface area contributed by atoms with Crippen LogP contribution < -0.4 is 0 Å². The van der Waals surface area contributed by atoms with E-state index < -0.39 is 0 Å². The van der Waals surface area contributed by atoms with Crippen molar-refractivity contribution in [3.05, 3.63) is 0 Å². The highest BCUT2D eigenvalue weighted by Crippen LogP contribution is 2.37. The fourth-order valence-corrected chi connectivity index (χ4v) is 2.22. The fraction of sp³-hybridized carbons (Fsp3) is 1.00. The third kappa shape index (κ3) is 1.94. The molecule has 3 unspecified atom stereocenters. The average molecular weight is 158 g/mol. The average Bonchev–Trinajstić information content (AvgIpc) is 2.33. The van der Waals surface area contributed by atoms with Gasteiger partial charge in [-0.3, -0.25) is 0 Å². The minimum atomic E-state index is 0.272. The van der Waals surface area contributed by atoms with Crippen molar-refractivity contribution in [3.8, 4) is 0 Å². The minimum absolute atomic E-state index is 0.272. The molecule has 0 bridgehead atoms. The van der Waals surface area contributed by atoms with Crippen LogP contribution in [0, 0.1) is 17.8 Å². The van der Waals surface area contributed by atoms with E-state index in [1.54, 1.807) is 0 Å². The Labute approximate surface area is 68.2 Å². The quantitative estimate of drug-likeness (QED) is 0.644. The molecule has 2 N–H and O–H groups in total. The van der Waals surface area contributed by atoms with Gasteiger partial charge in [0.25, 0.3) is 0 Å². The highest BCUT2D eigenvalue weighted by atomic mass is 16.3. The van der Waals surface area contributed by atoms with Gasteiger partial charge in [-0.1, -0.05) is 13.3 Å². The summed E-state index contributed by atoms with van der Waals surface area (Å²) >= 11 is 0. The molecule has 0 saturated heterocycles. The van der Waals surface area contributed by atoms with Crippen LogP contribution in [0.5, 0.6) is 0 Å². The lowest BCUT2D eigenvalue weighted by Crippen LogP contribution is -2.18. The molecule has 1 rings (SSSR count). The third-order valence-electron chi connectivity index (χ3n) is 3.04. The molecule has 11 heavy (non-hydrogen) atoms. The van der Waals surface area contributed by atoms with Crippen molar-refractivity contribution in [3.63, 3.8) is 0 Å². The number of aliphatic hydroxyl groups is 2. The van der Waals surface area contributed by atoms with Crippen LogP contribution >= 0.6 is 0 Å². The molecule has 0 amide bonds. The van der Waals surface area contributed by atoms with Gasteiger partial charge in [0.05, 0.1) is 0 Å². The van der Waals surface area contributed by atoms with Crippen LogP contribution in [-0.4, -0.2) is 23.4 Å². The number of aliphatic hydroxyl groups excluding tert-OH is 2. The second-order valence-corrected chi connectivity index (χ2v) is 3.67. The molecule has 2 nitrogen and oxygen atoms in total. The maximum atomic E-state index is 9.05. The third-order valence-corrected chi connectivity index (χ3v) is 3.04. The smallest absolute Gasteiger partial charge is 0.0464 e. The highest BCUT2D eigenvalue weighted by Gasteiger charge is 2.31.